The van der Waals surface area contributed by atoms with Crippen molar-refractivity contribution >= 4 is 21.4 Å². The summed E-state index contributed by atoms with van der Waals surface area (Å²) in [6.45, 7) is 2.09. The van der Waals surface area contributed by atoms with Gasteiger partial charge in [0, 0.05) is 11.3 Å². The average Bonchev–Trinajstić information content (AvgIpc) is 2.70. The molecule has 0 unspecified atom stereocenters. The number of nitrogens with zero attached hydrogens (tertiary/aromatic N) is 1. The molecule has 1 heterocycles. The van der Waals surface area contributed by atoms with Gasteiger partial charge in [-0.15, -0.1) is 11.3 Å². The lowest BCUT2D eigenvalue weighted by molar-refractivity contribution is 0.587. The van der Waals surface area contributed by atoms with Crippen molar-refractivity contribution in [3.05, 3.63) is 51.2 Å². The van der Waals surface area contributed by atoms with Crippen LogP contribution in [-0.2, 0) is 23.0 Å². The number of benzene rings is 1. The van der Waals surface area contributed by atoms with Crippen LogP contribution in [0.25, 0.3) is 0 Å². The van der Waals surface area contributed by atoms with E-state index in [1.807, 2.05) is 6.92 Å². The van der Waals surface area contributed by atoms with E-state index in [0.717, 1.165) is 27.4 Å². The molecule has 1 aromatic heterocycles. The van der Waals surface area contributed by atoms with Gasteiger partial charge < -0.3 is 0 Å². The maximum Gasteiger partial charge on any atom is 0.209 e. The smallest absolute Gasteiger partial charge is 0.209 e. The quantitative estimate of drug-likeness (QED) is 0.920. The molecule has 1 N–H and O–H groups in total. The highest BCUT2D eigenvalue weighted by Gasteiger charge is 2.10. The van der Waals surface area contributed by atoms with Gasteiger partial charge in [0.1, 0.15) is 10.8 Å². The van der Waals surface area contributed by atoms with Gasteiger partial charge in [0.2, 0.25) is 10.0 Å². The third kappa shape index (κ3) is 4.36. The lowest BCUT2D eigenvalue weighted by Gasteiger charge is -1.99. The predicted octanol–water partition coefficient (Wildman–Crippen LogP) is 2.23. The Hall–Kier alpha value is -1.31. The molecule has 0 atom stereocenters. The highest BCUT2D eigenvalue weighted by Crippen LogP contribution is 2.21. The fraction of sp³-hybridized carbons (Fsp3) is 0.308. The molecule has 2 rings (SSSR count). The topological polar surface area (TPSA) is 59.1 Å². The second-order valence-electron chi connectivity index (χ2n) is 4.51. The molecule has 0 saturated carbocycles. The molecule has 0 spiro atoms. The Morgan fingerprint density at radius 3 is 2.55 bits per heavy atom. The number of halogens is 1. The molecule has 2 aromatic rings. The van der Waals surface area contributed by atoms with Crippen LogP contribution in [-0.4, -0.2) is 19.7 Å². The summed E-state index contributed by atoms with van der Waals surface area (Å²) in [7, 11) is -3.21. The first-order valence-corrected chi connectivity index (χ1v) is 8.68. The summed E-state index contributed by atoms with van der Waals surface area (Å²) in [6, 6.07) is 6.33. The Morgan fingerprint density at radius 1 is 1.30 bits per heavy atom. The Labute approximate surface area is 121 Å². The number of nitrogens with one attached hydrogen (secondary N) is 1. The SMILES string of the molecule is Cc1nc(CNS(C)(=O)=O)sc1Cc1ccc(F)cc1. The van der Waals surface area contributed by atoms with Gasteiger partial charge in [0.05, 0.1) is 18.5 Å². The fourth-order valence-electron chi connectivity index (χ4n) is 1.71. The van der Waals surface area contributed by atoms with E-state index in [9.17, 15) is 12.8 Å². The number of rotatable bonds is 5. The van der Waals surface area contributed by atoms with Crippen LogP contribution in [0.2, 0.25) is 0 Å². The number of aryl methyl sites for hydroxylation is 1. The van der Waals surface area contributed by atoms with E-state index in [4.69, 9.17) is 0 Å². The van der Waals surface area contributed by atoms with Crippen LogP contribution < -0.4 is 4.72 Å². The van der Waals surface area contributed by atoms with Crippen LogP contribution in [0.3, 0.4) is 0 Å². The molecule has 0 aliphatic rings. The van der Waals surface area contributed by atoms with Crippen LogP contribution in [0.15, 0.2) is 24.3 Å². The molecule has 0 aliphatic heterocycles. The molecule has 4 nitrogen and oxygen atoms in total. The minimum absolute atomic E-state index is 0.202. The van der Waals surface area contributed by atoms with Gasteiger partial charge in [-0.2, -0.15) is 0 Å². The summed E-state index contributed by atoms with van der Waals surface area (Å²) < 4.78 is 37.4. The van der Waals surface area contributed by atoms with Crippen molar-refractivity contribution in [2.75, 3.05) is 6.26 Å². The first kappa shape index (κ1) is 15.1. The minimum atomic E-state index is -3.21. The van der Waals surface area contributed by atoms with Crippen molar-refractivity contribution in [3.63, 3.8) is 0 Å². The van der Waals surface area contributed by atoms with Crippen LogP contribution in [0.4, 0.5) is 4.39 Å². The van der Waals surface area contributed by atoms with Crippen molar-refractivity contribution in [2.24, 2.45) is 0 Å². The molecule has 0 radical (unpaired) electrons. The molecule has 20 heavy (non-hydrogen) atoms. The highest BCUT2D eigenvalue weighted by molar-refractivity contribution is 7.88. The molecular formula is C13H15FN2O2S2. The molecule has 108 valence electrons. The van der Waals surface area contributed by atoms with Gasteiger partial charge >= 0.3 is 0 Å². The molecule has 7 heteroatoms. The van der Waals surface area contributed by atoms with Gasteiger partial charge in [-0.1, -0.05) is 12.1 Å². The Balaban J connectivity index is 2.09. The van der Waals surface area contributed by atoms with E-state index in [0.29, 0.717) is 6.42 Å². The van der Waals surface area contributed by atoms with Crippen LogP contribution in [0.1, 0.15) is 21.1 Å². The minimum Gasteiger partial charge on any atom is -0.245 e. The number of thiazole rings is 1. The second kappa shape index (κ2) is 5.99. The van der Waals surface area contributed by atoms with E-state index in [-0.39, 0.29) is 12.4 Å². The van der Waals surface area contributed by atoms with Gasteiger partial charge in [-0.05, 0) is 24.6 Å². The van der Waals surface area contributed by atoms with E-state index in [2.05, 4.69) is 9.71 Å². The first-order valence-electron chi connectivity index (χ1n) is 5.98. The summed E-state index contributed by atoms with van der Waals surface area (Å²) in [5.74, 6) is -0.257. The monoisotopic (exact) mass is 314 g/mol. The van der Waals surface area contributed by atoms with Crippen molar-refractivity contribution in [3.8, 4) is 0 Å². The van der Waals surface area contributed by atoms with E-state index in [1.54, 1.807) is 12.1 Å². The third-order valence-electron chi connectivity index (χ3n) is 2.70. The molecule has 0 amide bonds. The van der Waals surface area contributed by atoms with Gasteiger partial charge in [0.15, 0.2) is 0 Å². The van der Waals surface area contributed by atoms with E-state index in [1.165, 1.54) is 23.5 Å². The van der Waals surface area contributed by atoms with Crippen molar-refractivity contribution in [1.29, 1.82) is 0 Å². The average molecular weight is 314 g/mol. The third-order valence-corrected chi connectivity index (χ3v) is 4.53. The maximum absolute atomic E-state index is 12.8. The predicted molar refractivity (Wildman–Crippen MR) is 77.7 cm³/mol. The van der Waals surface area contributed by atoms with Gasteiger partial charge in [-0.25, -0.2) is 22.5 Å². The summed E-state index contributed by atoms with van der Waals surface area (Å²) >= 11 is 1.47. The Bertz CT molecular complexity index is 694. The number of sulfonamides is 1. The van der Waals surface area contributed by atoms with Crippen LogP contribution in [0.5, 0.6) is 0 Å². The first-order chi connectivity index (χ1) is 9.33. The lowest BCUT2D eigenvalue weighted by Crippen LogP contribution is -2.21. The molecule has 0 aliphatic carbocycles. The highest BCUT2D eigenvalue weighted by atomic mass is 32.2. The second-order valence-corrected chi connectivity index (χ2v) is 7.51. The van der Waals surface area contributed by atoms with Crippen molar-refractivity contribution in [2.45, 2.75) is 19.9 Å². The van der Waals surface area contributed by atoms with Gasteiger partial charge in [0.25, 0.3) is 0 Å². The Kier molecular flexibility index (Phi) is 4.52. The number of aromatic nitrogens is 1. The van der Waals surface area contributed by atoms with Gasteiger partial charge in [-0.3, -0.25) is 0 Å². The van der Waals surface area contributed by atoms with Crippen LogP contribution >= 0.6 is 11.3 Å². The number of hydrogen-bond donors (Lipinski definition) is 1. The van der Waals surface area contributed by atoms with E-state index >= 15 is 0 Å². The standard InChI is InChI=1S/C13H15FN2O2S2/c1-9-12(7-10-3-5-11(14)6-4-10)19-13(16-9)8-15-20(2,17)18/h3-6,15H,7-8H2,1-2H3. The zero-order chi connectivity index (χ0) is 14.8. The summed E-state index contributed by atoms with van der Waals surface area (Å²) in [4.78, 5) is 5.40. The molecule has 0 bridgehead atoms. The molecule has 0 saturated heterocycles. The molecule has 1 aromatic carbocycles. The zero-order valence-corrected chi connectivity index (χ0v) is 12.8. The molecule has 0 fully saturated rings. The largest absolute Gasteiger partial charge is 0.245 e. The summed E-state index contributed by atoms with van der Waals surface area (Å²) in [5, 5.41) is 0.727. The maximum atomic E-state index is 12.8. The van der Waals surface area contributed by atoms with Crippen molar-refractivity contribution in [1.82, 2.24) is 9.71 Å². The van der Waals surface area contributed by atoms with Crippen molar-refractivity contribution < 1.29 is 12.8 Å². The fourth-order valence-corrected chi connectivity index (χ4v) is 3.24. The number of hydrogen-bond acceptors (Lipinski definition) is 4. The summed E-state index contributed by atoms with van der Waals surface area (Å²) in [5.41, 5.74) is 1.88. The Morgan fingerprint density at radius 2 is 1.95 bits per heavy atom. The summed E-state index contributed by atoms with van der Waals surface area (Å²) in [6.07, 6.45) is 1.79. The molecular weight excluding hydrogens is 299 g/mol. The normalized spacial score (nSPS) is 11.8. The van der Waals surface area contributed by atoms with Crippen LogP contribution in [0, 0.1) is 12.7 Å². The zero-order valence-electron chi connectivity index (χ0n) is 11.2. The lowest BCUT2D eigenvalue weighted by atomic mass is 10.1. The van der Waals surface area contributed by atoms with E-state index < -0.39 is 10.0 Å².